The fraction of sp³-hybridized carbons (Fsp3) is 0.278. The maximum absolute atomic E-state index is 9.36. The second-order valence-electron chi connectivity index (χ2n) is 5.89. The molecule has 0 unspecified atom stereocenters. The van der Waals surface area contributed by atoms with E-state index in [0.29, 0.717) is 12.2 Å². The Morgan fingerprint density at radius 1 is 1.08 bits per heavy atom. The second kappa shape index (κ2) is 6.41. The summed E-state index contributed by atoms with van der Waals surface area (Å²) in [5, 5.41) is 14.8. The van der Waals surface area contributed by atoms with E-state index in [-0.39, 0.29) is 6.61 Å². The van der Waals surface area contributed by atoms with Crippen LogP contribution in [0.4, 0.5) is 17.3 Å². The number of anilines is 3. The Labute approximate surface area is 140 Å². The largest absolute Gasteiger partial charge is 0.396 e. The van der Waals surface area contributed by atoms with Crippen LogP contribution in [0.15, 0.2) is 43.0 Å². The molecule has 6 heteroatoms. The van der Waals surface area contributed by atoms with Gasteiger partial charge >= 0.3 is 0 Å². The molecular weight excluding hydrogens is 302 g/mol. The lowest BCUT2D eigenvalue weighted by Crippen LogP contribution is -2.37. The van der Waals surface area contributed by atoms with Crippen molar-refractivity contribution in [1.29, 1.82) is 0 Å². The molecule has 0 radical (unpaired) electrons. The van der Waals surface area contributed by atoms with Gasteiger partial charge in [0, 0.05) is 43.2 Å². The average Bonchev–Trinajstić information content (AvgIpc) is 2.56. The number of aliphatic hydroxyl groups excluding tert-OH is 1. The third-order valence-electron chi connectivity index (χ3n) is 4.38. The third-order valence-corrected chi connectivity index (χ3v) is 4.38. The zero-order valence-corrected chi connectivity index (χ0v) is 13.3. The van der Waals surface area contributed by atoms with Crippen molar-refractivity contribution in [1.82, 2.24) is 15.0 Å². The molecule has 0 saturated carbocycles. The second-order valence-corrected chi connectivity index (χ2v) is 5.89. The van der Waals surface area contributed by atoms with Gasteiger partial charge in [-0.15, -0.1) is 0 Å². The molecule has 0 atom stereocenters. The van der Waals surface area contributed by atoms with Gasteiger partial charge in [0.05, 0.1) is 0 Å². The van der Waals surface area contributed by atoms with E-state index in [0.717, 1.165) is 35.2 Å². The van der Waals surface area contributed by atoms with Crippen LogP contribution in [0.1, 0.15) is 12.0 Å². The molecule has 122 valence electrons. The van der Waals surface area contributed by atoms with E-state index in [1.165, 1.54) is 18.4 Å². The Kier molecular flexibility index (Phi) is 3.96. The van der Waals surface area contributed by atoms with Crippen molar-refractivity contribution in [2.45, 2.75) is 12.8 Å². The fourth-order valence-electron chi connectivity index (χ4n) is 3.02. The summed E-state index contributed by atoms with van der Waals surface area (Å²) in [4.78, 5) is 15.0. The molecule has 0 bridgehead atoms. The molecular formula is C18H19N5O. The predicted octanol–water partition coefficient (Wildman–Crippen LogP) is 2.51. The smallest absolute Gasteiger partial charge is 0.134 e. The molecule has 2 N–H and O–H groups in total. The molecule has 3 aromatic rings. The molecule has 3 heterocycles. The van der Waals surface area contributed by atoms with Crippen LogP contribution in [-0.4, -0.2) is 39.8 Å². The Balaban J connectivity index is 1.76. The van der Waals surface area contributed by atoms with Crippen LogP contribution in [0, 0.1) is 0 Å². The minimum atomic E-state index is 0.134. The summed E-state index contributed by atoms with van der Waals surface area (Å²) in [6, 6.07) is 8.09. The van der Waals surface area contributed by atoms with E-state index >= 15 is 0 Å². The minimum Gasteiger partial charge on any atom is -0.396 e. The van der Waals surface area contributed by atoms with Crippen molar-refractivity contribution in [2.75, 3.05) is 29.9 Å². The molecule has 1 saturated heterocycles. The number of rotatable bonds is 5. The Morgan fingerprint density at radius 2 is 2.00 bits per heavy atom. The molecule has 0 spiro atoms. The Hall–Kier alpha value is -2.73. The van der Waals surface area contributed by atoms with Crippen LogP contribution in [0.25, 0.3) is 10.8 Å². The van der Waals surface area contributed by atoms with Gasteiger partial charge in [0.25, 0.3) is 0 Å². The highest BCUT2D eigenvalue weighted by Gasteiger charge is 2.18. The summed E-state index contributed by atoms with van der Waals surface area (Å²) in [6.45, 7) is 2.32. The standard InChI is InChI=1S/C18H19N5O/c24-9-5-13-2-3-16(23-7-1-8-23)15-11-20-18(10-14(13)15)22-17-4-6-19-12-21-17/h2-4,6,10-12,24H,1,5,7-9H2,(H,19,20,21,22). The van der Waals surface area contributed by atoms with E-state index in [1.54, 1.807) is 12.3 Å². The number of benzene rings is 1. The highest BCUT2D eigenvalue weighted by Crippen LogP contribution is 2.33. The van der Waals surface area contributed by atoms with Crippen LogP contribution < -0.4 is 10.2 Å². The molecule has 0 amide bonds. The quantitative estimate of drug-likeness (QED) is 0.752. The van der Waals surface area contributed by atoms with Crippen LogP contribution in [0.2, 0.25) is 0 Å². The number of aliphatic hydroxyl groups is 1. The van der Waals surface area contributed by atoms with E-state index in [9.17, 15) is 5.11 Å². The van der Waals surface area contributed by atoms with Crippen molar-refractivity contribution < 1.29 is 5.11 Å². The first kappa shape index (κ1) is 14.8. The molecule has 4 rings (SSSR count). The van der Waals surface area contributed by atoms with E-state index < -0.39 is 0 Å². The van der Waals surface area contributed by atoms with Gasteiger partial charge in [-0.3, -0.25) is 0 Å². The maximum Gasteiger partial charge on any atom is 0.134 e. The number of nitrogens with one attached hydrogen (secondary N) is 1. The van der Waals surface area contributed by atoms with Gasteiger partial charge in [0.1, 0.15) is 18.0 Å². The van der Waals surface area contributed by atoms with Gasteiger partial charge in [0.2, 0.25) is 0 Å². The van der Waals surface area contributed by atoms with E-state index in [4.69, 9.17) is 0 Å². The van der Waals surface area contributed by atoms with Gasteiger partial charge in [-0.1, -0.05) is 6.07 Å². The Bertz CT molecular complexity index is 849. The molecule has 1 fully saturated rings. The van der Waals surface area contributed by atoms with Gasteiger partial charge in [0.15, 0.2) is 0 Å². The summed E-state index contributed by atoms with van der Waals surface area (Å²) in [6.07, 6.45) is 6.97. The zero-order valence-electron chi connectivity index (χ0n) is 13.3. The topological polar surface area (TPSA) is 74.2 Å². The lowest BCUT2D eigenvalue weighted by molar-refractivity contribution is 0.300. The minimum absolute atomic E-state index is 0.134. The Morgan fingerprint density at radius 3 is 2.71 bits per heavy atom. The van der Waals surface area contributed by atoms with Crippen LogP contribution in [0.5, 0.6) is 0 Å². The number of nitrogens with zero attached hydrogens (tertiary/aromatic N) is 4. The van der Waals surface area contributed by atoms with Gasteiger partial charge in [-0.2, -0.15) is 0 Å². The van der Waals surface area contributed by atoms with Gasteiger partial charge < -0.3 is 15.3 Å². The summed E-state index contributed by atoms with van der Waals surface area (Å²) >= 11 is 0. The van der Waals surface area contributed by atoms with Gasteiger partial charge in [-0.05, 0) is 42.0 Å². The monoisotopic (exact) mass is 321 g/mol. The summed E-state index contributed by atoms with van der Waals surface area (Å²) in [5.41, 5.74) is 2.35. The fourth-order valence-corrected chi connectivity index (χ4v) is 3.02. The zero-order chi connectivity index (χ0) is 16.4. The van der Waals surface area contributed by atoms with Crippen molar-refractivity contribution in [3.63, 3.8) is 0 Å². The first-order valence-corrected chi connectivity index (χ1v) is 8.15. The van der Waals surface area contributed by atoms with E-state index in [1.807, 2.05) is 12.3 Å². The van der Waals surface area contributed by atoms with Crippen LogP contribution in [0.3, 0.4) is 0 Å². The molecule has 0 aliphatic carbocycles. The molecule has 1 aliphatic rings. The average molecular weight is 321 g/mol. The van der Waals surface area contributed by atoms with Crippen LogP contribution in [-0.2, 0) is 6.42 Å². The predicted molar refractivity (Wildman–Crippen MR) is 94.7 cm³/mol. The van der Waals surface area contributed by atoms with Crippen molar-refractivity contribution in [2.24, 2.45) is 0 Å². The third kappa shape index (κ3) is 2.76. The van der Waals surface area contributed by atoms with Crippen molar-refractivity contribution >= 4 is 28.1 Å². The lowest BCUT2D eigenvalue weighted by atomic mass is 10.0. The lowest BCUT2D eigenvalue weighted by Gasteiger charge is -2.34. The summed E-state index contributed by atoms with van der Waals surface area (Å²) in [7, 11) is 0. The molecule has 1 aliphatic heterocycles. The van der Waals surface area contributed by atoms with Crippen molar-refractivity contribution in [3.8, 4) is 0 Å². The first-order valence-electron chi connectivity index (χ1n) is 8.15. The molecule has 24 heavy (non-hydrogen) atoms. The maximum atomic E-state index is 9.36. The van der Waals surface area contributed by atoms with Crippen molar-refractivity contribution in [3.05, 3.63) is 48.5 Å². The molecule has 2 aromatic heterocycles. The van der Waals surface area contributed by atoms with E-state index in [2.05, 4.69) is 37.3 Å². The highest BCUT2D eigenvalue weighted by molar-refractivity contribution is 5.97. The number of hydrogen-bond donors (Lipinski definition) is 2. The highest BCUT2D eigenvalue weighted by atomic mass is 16.2. The first-order chi connectivity index (χ1) is 11.8. The number of hydrogen-bond acceptors (Lipinski definition) is 6. The molecule has 6 nitrogen and oxygen atoms in total. The summed E-state index contributed by atoms with van der Waals surface area (Å²) < 4.78 is 0. The SMILES string of the molecule is OCCc1ccc(N2CCC2)c2cnc(Nc3ccncn3)cc12. The number of fused-ring (bicyclic) bond motifs is 1. The van der Waals surface area contributed by atoms with Gasteiger partial charge in [-0.25, -0.2) is 15.0 Å². The summed E-state index contributed by atoms with van der Waals surface area (Å²) in [5.74, 6) is 1.45. The number of aromatic nitrogens is 3. The molecule has 1 aromatic carbocycles. The van der Waals surface area contributed by atoms with Crippen LogP contribution >= 0.6 is 0 Å². The number of pyridine rings is 1. The normalized spacial score (nSPS) is 13.8.